The summed E-state index contributed by atoms with van der Waals surface area (Å²) in [4.78, 5) is 24.6. The van der Waals surface area contributed by atoms with E-state index in [0.29, 0.717) is 13.0 Å². The zero-order chi connectivity index (χ0) is 15.2. The summed E-state index contributed by atoms with van der Waals surface area (Å²) in [6.45, 7) is 1.23. The summed E-state index contributed by atoms with van der Waals surface area (Å²) in [5.41, 5.74) is 1.17. The maximum Gasteiger partial charge on any atom is 0.335 e. The van der Waals surface area contributed by atoms with Crippen LogP contribution in [0.3, 0.4) is 0 Å². The summed E-state index contributed by atoms with van der Waals surface area (Å²) in [5, 5.41) is 8.85. The molecule has 5 nitrogen and oxygen atoms in total. The quantitative estimate of drug-likeness (QED) is 0.904. The molecular formula is C16H21NO4. The molecule has 1 unspecified atom stereocenters. The van der Waals surface area contributed by atoms with Gasteiger partial charge in [0.25, 0.3) is 0 Å². The molecule has 0 spiro atoms. The number of carboxylic acid groups (broad SMARTS) is 1. The predicted octanol–water partition coefficient (Wildman–Crippen LogP) is 2.30. The number of benzene rings is 1. The molecule has 1 N–H and O–H groups in total. The summed E-state index contributed by atoms with van der Waals surface area (Å²) in [7, 11) is 1.76. The van der Waals surface area contributed by atoms with Gasteiger partial charge in [-0.05, 0) is 37.0 Å². The molecule has 1 saturated heterocycles. The number of nitrogens with zero attached hydrogens (tertiary/aromatic N) is 1. The first-order valence-corrected chi connectivity index (χ1v) is 7.24. The highest BCUT2D eigenvalue weighted by Crippen LogP contribution is 2.17. The number of rotatable bonds is 5. The summed E-state index contributed by atoms with van der Waals surface area (Å²) < 4.78 is 5.58. The fourth-order valence-corrected chi connectivity index (χ4v) is 2.43. The number of ether oxygens (including phenoxy) is 1. The molecule has 1 aliphatic rings. The van der Waals surface area contributed by atoms with E-state index in [-0.39, 0.29) is 17.6 Å². The van der Waals surface area contributed by atoms with Crippen molar-refractivity contribution in [2.24, 2.45) is 0 Å². The van der Waals surface area contributed by atoms with Crippen LogP contribution in [0.4, 0.5) is 0 Å². The van der Waals surface area contributed by atoms with Crippen molar-refractivity contribution in [2.75, 3.05) is 13.7 Å². The zero-order valence-electron chi connectivity index (χ0n) is 12.2. The third-order valence-electron chi connectivity index (χ3n) is 3.72. The molecule has 1 amide bonds. The van der Waals surface area contributed by atoms with Gasteiger partial charge in [0.2, 0.25) is 5.91 Å². The van der Waals surface area contributed by atoms with Gasteiger partial charge in [-0.15, -0.1) is 0 Å². The number of aromatic carboxylic acids is 1. The third-order valence-corrected chi connectivity index (χ3v) is 3.72. The van der Waals surface area contributed by atoms with E-state index in [2.05, 4.69) is 0 Å². The highest BCUT2D eigenvalue weighted by Gasteiger charge is 2.20. The molecule has 0 bridgehead atoms. The fourth-order valence-electron chi connectivity index (χ4n) is 2.43. The minimum atomic E-state index is -0.944. The van der Waals surface area contributed by atoms with Gasteiger partial charge in [-0.3, -0.25) is 4.79 Å². The second-order valence-electron chi connectivity index (χ2n) is 5.44. The van der Waals surface area contributed by atoms with Gasteiger partial charge >= 0.3 is 5.97 Å². The van der Waals surface area contributed by atoms with Gasteiger partial charge in [-0.2, -0.15) is 0 Å². The van der Waals surface area contributed by atoms with Crippen LogP contribution in [0, 0.1) is 0 Å². The second-order valence-corrected chi connectivity index (χ2v) is 5.44. The largest absolute Gasteiger partial charge is 0.478 e. The van der Waals surface area contributed by atoms with Crippen LogP contribution in [-0.2, 0) is 16.1 Å². The molecule has 21 heavy (non-hydrogen) atoms. The van der Waals surface area contributed by atoms with Crippen LogP contribution in [0.25, 0.3) is 0 Å². The molecule has 1 aromatic rings. The molecular weight excluding hydrogens is 270 g/mol. The summed E-state index contributed by atoms with van der Waals surface area (Å²) >= 11 is 0. The molecule has 1 heterocycles. The monoisotopic (exact) mass is 291 g/mol. The zero-order valence-corrected chi connectivity index (χ0v) is 12.2. The molecule has 0 aliphatic carbocycles. The van der Waals surface area contributed by atoms with Crippen LogP contribution in [0.15, 0.2) is 24.3 Å². The topological polar surface area (TPSA) is 66.8 Å². The standard InChI is InChI=1S/C16H21NO4/c1-17(15(18)10-14-4-2-3-9-21-14)11-12-5-7-13(8-6-12)16(19)20/h5-8,14H,2-4,9-11H2,1H3,(H,19,20). The van der Waals surface area contributed by atoms with E-state index >= 15 is 0 Å². The number of carbonyl (C=O) groups is 2. The Bertz CT molecular complexity index is 492. The Balaban J connectivity index is 1.86. The normalized spacial score (nSPS) is 18.2. The average molecular weight is 291 g/mol. The highest BCUT2D eigenvalue weighted by atomic mass is 16.5. The van der Waals surface area contributed by atoms with Crippen LogP contribution in [0.5, 0.6) is 0 Å². The molecule has 1 atom stereocenters. The average Bonchev–Trinajstić information content (AvgIpc) is 2.48. The van der Waals surface area contributed by atoms with E-state index in [1.807, 2.05) is 0 Å². The van der Waals surface area contributed by atoms with E-state index in [1.54, 1.807) is 36.2 Å². The molecule has 1 aliphatic heterocycles. The van der Waals surface area contributed by atoms with Crippen molar-refractivity contribution in [1.29, 1.82) is 0 Å². The van der Waals surface area contributed by atoms with Gasteiger partial charge in [0.05, 0.1) is 18.1 Å². The fraction of sp³-hybridized carbons (Fsp3) is 0.500. The molecule has 0 saturated carbocycles. The first-order valence-electron chi connectivity index (χ1n) is 7.24. The van der Waals surface area contributed by atoms with Gasteiger partial charge < -0.3 is 14.7 Å². The Kier molecular flexibility index (Phi) is 5.33. The first kappa shape index (κ1) is 15.5. The van der Waals surface area contributed by atoms with Gasteiger partial charge in [0, 0.05) is 20.2 Å². The number of carbonyl (C=O) groups excluding carboxylic acids is 1. The van der Waals surface area contributed by atoms with Gasteiger partial charge in [0.15, 0.2) is 0 Å². The van der Waals surface area contributed by atoms with Crippen molar-refractivity contribution in [3.63, 3.8) is 0 Å². The summed E-state index contributed by atoms with van der Waals surface area (Å²) in [6.07, 6.45) is 3.62. The predicted molar refractivity (Wildman–Crippen MR) is 78.1 cm³/mol. The maximum absolute atomic E-state index is 12.1. The third kappa shape index (κ3) is 4.56. The number of hydrogen-bond acceptors (Lipinski definition) is 3. The Hall–Kier alpha value is -1.88. The van der Waals surface area contributed by atoms with Crippen LogP contribution >= 0.6 is 0 Å². The summed E-state index contributed by atoms with van der Waals surface area (Å²) in [5.74, 6) is -0.885. The maximum atomic E-state index is 12.1. The molecule has 0 radical (unpaired) electrons. The van der Waals surface area contributed by atoms with Crippen molar-refractivity contribution < 1.29 is 19.4 Å². The van der Waals surface area contributed by atoms with E-state index in [1.165, 1.54) is 0 Å². The van der Waals surface area contributed by atoms with E-state index in [9.17, 15) is 9.59 Å². The first-order chi connectivity index (χ1) is 10.1. The lowest BCUT2D eigenvalue weighted by molar-refractivity contribution is -0.134. The van der Waals surface area contributed by atoms with Crippen LogP contribution in [-0.4, -0.2) is 41.6 Å². The molecule has 1 aromatic carbocycles. The molecule has 2 rings (SSSR count). The second kappa shape index (κ2) is 7.22. The minimum Gasteiger partial charge on any atom is -0.478 e. The van der Waals surface area contributed by atoms with Gasteiger partial charge in [0.1, 0.15) is 0 Å². The van der Waals surface area contributed by atoms with Crippen molar-refractivity contribution in [2.45, 2.75) is 38.3 Å². The summed E-state index contributed by atoms with van der Waals surface area (Å²) in [6, 6.07) is 6.59. The molecule has 0 aromatic heterocycles. The lowest BCUT2D eigenvalue weighted by atomic mass is 10.1. The van der Waals surface area contributed by atoms with Gasteiger partial charge in [-0.25, -0.2) is 4.79 Å². The number of amides is 1. The van der Waals surface area contributed by atoms with Crippen molar-refractivity contribution in [3.8, 4) is 0 Å². The lowest BCUT2D eigenvalue weighted by Gasteiger charge is -2.25. The minimum absolute atomic E-state index is 0.0445. The molecule has 5 heteroatoms. The lowest BCUT2D eigenvalue weighted by Crippen LogP contribution is -2.31. The Morgan fingerprint density at radius 3 is 2.57 bits per heavy atom. The number of carboxylic acids is 1. The van der Waals surface area contributed by atoms with E-state index in [4.69, 9.17) is 9.84 Å². The highest BCUT2D eigenvalue weighted by molar-refractivity contribution is 5.87. The van der Waals surface area contributed by atoms with Crippen molar-refractivity contribution in [1.82, 2.24) is 4.90 Å². The Labute approximate surface area is 124 Å². The molecule has 1 fully saturated rings. The van der Waals surface area contributed by atoms with Crippen LogP contribution < -0.4 is 0 Å². The van der Waals surface area contributed by atoms with Crippen LogP contribution in [0.2, 0.25) is 0 Å². The Morgan fingerprint density at radius 2 is 2.00 bits per heavy atom. The van der Waals surface area contributed by atoms with E-state index < -0.39 is 5.97 Å². The van der Waals surface area contributed by atoms with Crippen LogP contribution in [0.1, 0.15) is 41.6 Å². The smallest absolute Gasteiger partial charge is 0.335 e. The SMILES string of the molecule is CN(Cc1ccc(C(=O)O)cc1)C(=O)CC1CCCCO1. The number of hydrogen-bond donors (Lipinski definition) is 1. The van der Waals surface area contributed by atoms with E-state index in [0.717, 1.165) is 31.4 Å². The van der Waals surface area contributed by atoms with Crippen molar-refractivity contribution >= 4 is 11.9 Å². The van der Waals surface area contributed by atoms with Crippen molar-refractivity contribution in [3.05, 3.63) is 35.4 Å². The Morgan fingerprint density at radius 1 is 1.29 bits per heavy atom. The van der Waals surface area contributed by atoms with Gasteiger partial charge in [-0.1, -0.05) is 12.1 Å². The molecule has 114 valence electrons.